The van der Waals surface area contributed by atoms with Crippen molar-refractivity contribution in [3.05, 3.63) is 94.2 Å². The van der Waals surface area contributed by atoms with Crippen molar-refractivity contribution in [2.75, 3.05) is 13.7 Å². The molecule has 1 amide bonds. The van der Waals surface area contributed by atoms with Gasteiger partial charge in [-0.3, -0.25) is 9.59 Å². The Hall–Kier alpha value is -3.87. The summed E-state index contributed by atoms with van der Waals surface area (Å²) in [6.45, 7) is 3.89. The second-order valence-corrected chi connectivity index (χ2v) is 8.05. The van der Waals surface area contributed by atoms with Crippen LogP contribution in [0, 0.1) is 19.7 Å². The van der Waals surface area contributed by atoms with Crippen LogP contribution >= 0.6 is 0 Å². The number of aliphatic hydroxyl groups excluding tert-OH is 1. The number of methoxy groups -OCH3 is 1. The van der Waals surface area contributed by atoms with Crippen molar-refractivity contribution in [3.63, 3.8) is 0 Å². The number of likely N-dealkylation sites (tertiary alicyclic amines) is 1. The summed E-state index contributed by atoms with van der Waals surface area (Å²) in [5.41, 5.74) is 2.75. The van der Waals surface area contributed by atoms with E-state index in [0.717, 1.165) is 16.7 Å². The molecule has 6 nitrogen and oxygen atoms in total. The van der Waals surface area contributed by atoms with Crippen LogP contribution in [0.2, 0.25) is 0 Å². The van der Waals surface area contributed by atoms with Crippen LogP contribution in [0.4, 0.5) is 4.39 Å². The van der Waals surface area contributed by atoms with Crippen molar-refractivity contribution in [2.24, 2.45) is 0 Å². The van der Waals surface area contributed by atoms with Crippen LogP contribution in [0.5, 0.6) is 5.75 Å². The lowest BCUT2D eigenvalue weighted by atomic mass is 9.96. The maximum Gasteiger partial charge on any atom is 0.295 e. The monoisotopic (exact) mass is 449 g/mol. The van der Waals surface area contributed by atoms with Gasteiger partial charge in [0, 0.05) is 6.54 Å². The van der Waals surface area contributed by atoms with E-state index >= 15 is 0 Å². The minimum Gasteiger partial charge on any atom is -0.507 e. The van der Waals surface area contributed by atoms with E-state index in [2.05, 4.69) is 0 Å². The zero-order chi connectivity index (χ0) is 23.7. The number of halogens is 1. The van der Waals surface area contributed by atoms with Gasteiger partial charge in [0.1, 0.15) is 29.1 Å². The number of benzene rings is 2. The fraction of sp³-hybridized carbons (Fsp3) is 0.231. The third-order valence-corrected chi connectivity index (χ3v) is 5.79. The number of hydrogen-bond acceptors (Lipinski definition) is 5. The van der Waals surface area contributed by atoms with E-state index in [4.69, 9.17) is 9.15 Å². The zero-order valence-corrected chi connectivity index (χ0v) is 18.6. The Morgan fingerprint density at radius 1 is 1.15 bits per heavy atom. The number of amides is 1. The molecule has 2 heterocycles. The van der Waals surface area contributed by atoms with Gasteiger partial charge in [-0.15, -0.1) is 0 Å². The molecule has 1 unspecified atom stereocenters. The molecule has 170 valence electrons. The lowest BCUT2D eigenvalue weighted by molar-refractivity contribution is -0.140. The van der Waals surface area contributed by atoms with E-state index < -0.39 is 17.7 Å². The highest BCUT2D eigenvalue weighted by atomic mass is 19.1. The highest BCUT2D eigenvalue weighted by molar-refractivity contribution is 6.46. The summed E-state index contributed by atoms with van der Waals surface area (Å²) in [5, 5.41) is 11.3. The molecule has 2 aromatic carbocycles. The number of hydrogen-bond donors (Lipinski definition) is 1. The van der Waals surface area contributed by atoms with Gasteiger partial charge < -0.3 is 19.2 Å². The van der Waals surface area contributed by atoms with E-state index in [1.54, 1.807) is 30.3 Å². The number of carbonyl (C=O) groups is 2. The van der Waals surface area contributed by atoms with Crippen LogP contribution in [-0.4, -0.2) is 35.4 Å². The largest absolute Gasteiger partial charge is 0.507 e. The third-order valence-electron chi connectivity index (χ3n) is 5.79. The summed E-state index contributed by atoms with van der Waals surface area (Å²) >= 11 is 0. The average molecular weight is 449 g/mol. The summed E-state index contributed by atoms with van der Waals surface area (Å²) in [4.78, 5) is 27.5. The molecule has 1 aliphatic rings. The lowest BCUT2D eigenvalue weighted by Crippen LogP contribution is -2.31. The number of rotatable bonds is 6. The highest BCUT2D eigenvalue weighted by Crippen LogP contribution is 2.42. The van der Waals surface area contributed by atoms with Crippen molar-refractivity contribution < 1.29 is 28.2 Å². The van der Waals surface area contributed by atoms with Crippen LogP contribution < -0.4 is 4.74 Å². The fourth-order valence-electron chi connectivity index (χ4n) is 4.30. The fourth-order valence-corrected chi connectivity index (χ4v) is 4.30. The number of Topliss-reactive ketones (excluding diaryl/α,β-unsaturated/α-hetero) is 1. The van der Waals surface area contributed by atoms with Crippen molar-refractivity contribution in [1.29, 1.82) is 0 Å². The first-order valence-electron chi connectivity index (χ1n) is 10.5. The van der Waals surface area contributed by atoms with Gasteiger partial charge in [0.15, 0.2) is 0 Å². The number of aliphatic hydroxyl groups is 1. The van der Waals surface area contributed by atoms with Gasteiger partial charge in [-0.1, -0.05) is 18.2 Å². The second kappa shape index (κ2) is 8.94. The molecule has 0 radical (unpaired) electrons. The van der Waals surface area contributed by atoms with Gasteiger partial charge in [0.25, 0.3) is 11.7 Å². The number of ketones is 1. The zero-order valence-electron chi connectivity index (χ0n) is 18.6. The summed E-state index contributed by atoms with van der Waals surface area (Å²) in [5.74, 6) is -1.41. The Morgan fingerprint density at radius 2 is 1.88 bits per heavy atom. The predicted octanol–water partition coefficient (Wildman–Crippen LogP) is 4.71. The summed E-state index contributed by atoms with van der Waals surface area (Å²) in [6, 6.07) is 12.0. The summed E-state index contributed by atoms with van der Waals surface area (Å²) < 4.78 is 24.3. The third kappa shape index (κ3) is 4.14. The molecule has 4 rings (SSSR count). The van der Waals surface area contributed by atoms with Gasteiger partial charge >= 0.3 is 0 Å². The van der Waals surface area contributed by atoms with Crippen LogP contribution in [0.1, 0.15) is 34.1 Å². The van der Waals surface area contributed by atoms with Crippen molar-refractivity contribution in [3.8, 4) is 5.75 Å². The summed E-state index contributed by atoms with van der Waals surface area (Å²) in [6.07, 6.45) is 1.85. The van der Waals surface area contributed by atoms with E-state index in [0.29, 0.717) is 23.5 Å². The molecule has 0 saturated carbocycles. The molecule has 1 N–H and O–H groups in total. The Labute approximate surface area is 190 Å². The number of carbonyl (C=O) groups excluding carboxylic acids is 2. The minimum absolute atomic E-state index is 0.0580. The van der Waals surface area contributed by atoms with Crippen molar-refractivity contribution in [1.82, 2.24) is 4.90 Å². The average Bonchev–Trinajstić information content (AvgIpc) is 3.40. The number of nitrogens with zero attached hydrogens (tertiary/aromatic N) is 1. The first-order valence-corrected chi connectivity index (χ1v) is 10.5. The molecule has 3 aromatic rings. The SMILES string of the molecule is COc1c(C)cc(C)cc1/C(O)=C1/C(=O)C(=O)N(CCc2ccc(F)cc2)C1c1ccco1. The van der Waals surface area contributed by atoms with Gasteiger partial charge in [0.05, 0.1) is 24.5 Å². The molecule has 1 fully saturated rings. The van der Waals surface area contributed by atoms with E-state index in [9.17, 15) is 19.1 Å². The lowest BCUT2D eigenvalue weighted by Gasteiger charge is -2.23. The highest BCUT2D eigenvalue weighted by Gasteiger charge is 2.47. The van der Waals surface area contributed by atoms with Crippen LogP contribution in [0.25, 0.3) is 5.76 Å². The molecule has 0 bridgehead atoms. The van der Waals surface area contributed by atoms with Gasteiger partial charge in [-0.25, -0.2) is 4.39 Å². The smallest absolute Gasteiger partial charge is 0.295 e. The molecular weight excluding hydrogens is 425 g/mol. The van der Waals surface area contributed by atoms with E-state index in [-0.39, 0.29) is 23.7 Å². The molecule has 0 aliphatic carbocycles. The Balaban J connectivity index is 1.80. The van der Waals surface area contributed by atoms with Crippen molar-refractivity contribution >= 4 is 17.4 Å². The van der Waals surface area contributed by atoms with Crippen LogP contribution in [-0.2, 0) is 16.0 Å². The van der Waals surface area contributed by atoms with Crippen molar-refractivity contribution in [2.45, 2.75) is 26.3 Å². The molecule has 0 spiro atoms. The maximum absolute atomic E-state index is 13.2. The first kappa shape index (κ1) is 22.3. The Morgan fingerprint density at radius 3 is 2.52 bits per heavy atom. The summed E-state index contributed by atoms with van der Waals surface area (Å²) in [7, 11) is 1.49. The first-order chi connectivity index (χ1) is 15.8. The number of furan rings is 1. The molecule has 1 atom stereocenters. The van der Waals surface area contributed by atoms with Gasteiger partial charge in [-0.2, -0.15) is 0 Å². The molecular formula is C26H24FNO5. The minimum atomic E-state index is -0.897. The molecule has 1 saturated heterocycles. The molecule has 7 heteroatoms. The molecule has 1 aliphatic heterocycles. The maximum atomic E-state index is 13.2. The number of aryl methyl sites for hydroxylation is 2. The van der Waals surface area contributed by atoms with Gasteiger partial charge in [0.2, 0.25) is 0 Å². The van der Waals surface area contributed by atoms with E-state index in [1.165, 1.54) is 30.4 Å². The van der Waals surface area contributed by atoms with Crippen LogP contribution in [0.3, 0.4) is 0 Å². The normalized spacial score (nSPS) is 17.6. The standard InChI is InChI=1S/C26H24FNO5/c1-15-13-16(2)25(32-3)19(14-15)23(29)21-22(20-5-4-12-33-20)28(26(31)24(21)30)11-10-17-6-8-18(27)9-7-17/h4-9,12-14,22,29H,10-11H2,1-3H3/b23-21-. The van der Waals surface area contributed by atoms with Crippen LogP contribution in [0.15, 0.2) is 64.8 Å². The topological polar surface area (TPSA) is 80.0 Å². The Kier molecular flexibility index (Phi) is 6.05. The quantitative estimate of drug-likeness (QED) is 0.335. The Bertz CT molecular complexity index is 1230. The number of ether oxygens (including phenoxy) is 1. The van der Waals surface area contributed by atoms with E-state index in [1.807, 2.05) is 19.9 Å². The van der Waals surface area contributed by atoms with Gasteiger partial charge in [-0.05, 0) is 67.3 Å². The predicted molar refractivity (Wildman–Crippen MR) is 120 cm³/mol. The molecule has 1 aromatic heterocycles. The molecule has 33 heavy (non-hydrogen) atoms. The second-order valence-electron chi connectivity index (χ2n) is 8.05.